The molecule has 0 aromatic carbocycles. The molecular weight excluding hydrogens is 322 g/mol. The monoisotopic (exact) mass is 347 g/mol. The number of ether oxygens (including phenoxy) is 1. The van der Waals surface area contributed by atoms with Crippen molar-refractivity contribution in [3.8, 4) is 0 Å². The highest BCUT2D eigenvalue weighted by Gasteiger charge is 2.63. The van der Waals surface area contributed by atoms with E-state index < -0.39 is 6.04 Å². The Bertz CT molecular complexity index is 596. The molecule has 1 N–H and O–H groups in total. The number of carbonyl (C=O) groups is 3. The number of likely N-dealkylation sites (tertiary alicyclic amines) is 1. The number of fused-ring (bicyclic) bond motifs is 7. The van der Waals surface area contributed by atoms with Crippen molar-refractivity contribution in [2.24, 2.45) is 11.8 Å². The quantitative estimate of drug-likeness (QED) is 0.705. The summed E-state index contributed by atoms with van der Waals surface area (Å²) in [7, 11) is 0. The maximum atomic E-state index is 13.2. The van der Waals surface area contributed by atoms with E-state index in [1.807, 2.05) is 4.90 Å². The van der Waals surface area contributed by atoms with Crippen molar-refractivity contribution in [2.45, 2.75) is 69.4 Å². The molecule has 5 rings (SSSR count). The third kappa shape index (κ3) is 2.08. The number of imide groups is 1. The standard InChI is InChI=1S/C18H25N3O4/c1-9(16(22)21-10-2-3-11(21)8-19-7-6-10)20-17(23)14-12-4-5-13(25-12)15(14)18(20)24/h9-15,19H,2-8H2,1H3. The smallest absolute Gasteiger partial charge is 0.246 e. The summed E-state index contributed by atoms with van der Waals surface area (Å²) in [5, 5.41) is 3.38. The average Bonchev–Trinajstić information content (AvgIpc) is 3.29. The van der Waals surface area contributed by atoms with Crippen molar-refractivity contribution in [1.82, 2.24) is 15.1 Å². The second-order valence-corrected chi connectivity index (χ2v) is 8.19. The highest BCUT2D eigenvalue weighted by Crippen LogP contribution is 2.49. The zero-order valence-corrected chi connectivity index (χ0v) is 14.5. The number of nitrogens with zero attached hydrogens (tertiary/aromatic N) is 2. The second kappa shape index (κ2) is 5.51. The van der Waals surface area contributed by atoms with E-state index in [0.29, 0.717) is 0 Å². The fraction of sp³-hybridized carbons (Fsp3) is 0.833. The van der Waals surface area contributed by atoms with Crippen molar-refractivity contribution in [3.05, 3.63) is 0 Å². The molecule has 0 aromatic rings. The predicted molar refractivity (Wildman–Crippen MR) is 87.3 cm³/mol. The first kappa shape index (κ1) is 15.8. The first-order chi connectivity index (χ1) is 12.1. The number of hydrogen-bond acceptors (Lipinski definition) is 5. The Hall–Kier alpha value is -1.47. The summed E-state index contributed by atoms with van der Waals surface area (Å²) in [6.07, 6.45) is 4.41. The molecule has 5 fully saturated rings. The molecule has 3 amide bonds. The van der Waals surface area contributed by atoms with Crippen LogP contribution in [-0.2, 0) is 19.1 Å². The van der Waals surface area contributed by atoms with Gasteiger partial charge in [-0.25, -0.2) is 0 Å². The number of carbonyl (C=O) groups excluding carboxylic acids is 3. The van der Waals surface area contributed by atoms with Gasteiger partial charge in [0.1, 0.15) is 6.04 Å². The van der Waals surface area contributed by atoms with Gasteiger partial charge in [-0.3, -0.25) is 19.3 Å². The highest BCUT2D eigenvalue weighted by molar-refractivity contribution is 6.09. The Morgan fingerprint density at radius 1 is 1.04 bits per heavy atom. The van der Waals surface area contributed by atoms with Crippen LogP contribution in [0.4, 0.5) is 0 Å². The van der Waals surface area contributed by atoms with Crippen molar-refractivity contribution < 1.29 is 19.1 Å². The lowest BCUT2D eigenvalue weighted by Gasteiger charge is -2.33. The zero-order chi connectivity index (χ0) is 17.3. The molecule has 7 unspecified atom stereocenters. The zero-order valence-electron chi connectivity index (χ0n) is 14.5. The van der Waals surface area contributed by atoms with Crippen molar-refractivity contribution in [3.63, 3.8) is 0 Å². The number of amides is 3. The van der Waals surface area contributed by atoms with Gasteiger partial charge in [0.05, 0.1) is 24.0 Å². The van der Waals surface area contributed by atoms with Gasteiger partial charge in [0.25, 0.3) is 0 Å². The van der Waals surface area contributed by atoms with Crippen molar-refractivity contribution in [1.29, 1.82) is 0 Å². The van der Waals surface area contributed by atoms with Gasteiger partial charge in [0.2, 0.25) is 17.7 Å². The number of nitrogens with one attached hydrogen (secondary N) is 1. The van der Waals surface area contributed by atoms with Gasteiger partial charge in [0, 0.05) is 18.6 Å². The van der Waals surface area contributed by atoms with E-state index in [1.165, 1.54) is 4.90 Å². The second-order valence-electron chi connectivity index (χ2n) is 8.19. The van der Waals surface area contributed by atoms with E-state index in [4.69, 9.17) is 4.74 Å². The summed E-state index contributed by atoms with van der Waals surface area (Å²) >= 11 is 0. The predicted octanol–water partition coefficient (Wildman–Crippen LogP) is -0.110. The summed E-state index contributed by atoms with van der Waals surface area (Å²) in [5.74, 6) is -1.16. The topological polar surface area (TPSA) is 79.0 Å². The average molecular weight is 347 g/mol. The van der Waals surface area contributed by atoms with Crippen LogP contribution in [0.25, 0.3) is 0 Å². The molecule has 5 aliphatic heterocycles. The molecule has 136 valence electrons. The maximum absolute atomic E-state index is 13.2. The lowest BCUT2D eigenvalue weighted by molar-refractivity contribution is -0.154. The summed E-state index contributed by atoms with van der Waals surface area (Å²) in [6.45, 7) is 3.45. The Kier molecular flexibility index (Phi) is 3.47. The minimum absolute atomic E-state index is 0.0638. The number of rotatable bonds is 2. The summed E-state index contributed by atoms with van der Waals surface area (Å²) < 4.78 is 5.77. The summed E-state index contributed by atoms with van der Waals surface area (Å²) in [4.78, 5) is 42.2. The molecule has 5 aliphatic rings. The van der Waals surface area contributed by atoms with Crippen LogP contribution < -0.4 is 5.32 Å². The lowest BCUT2D eigenvalue weighted by Crippen LogP contribution is -2.54. The lowest BCUT2D eigenvalue weighted by atomic mass is 9.81. The molecule has 7 nitrogen and oxygen atoms in total. The van der Waals surface area contributed by atoms with Crippen LogP contribution in [0, 0.1) is 11.8 Å². The summed E-state index contributed by atoms with van der Waals surface area (Å²) in [6, 6.07) is -0.276. The Morgan fingerprint density at radius 2 is 1.68 bits per heavy atom. The van der Waals surface area contributed by atoms with E-state index >= 15 is 0 Å². The molecule has 0 radical (unpaired) electrons. The minimum atomic E-state index is -0.703. The molecular formula is C18H25N3O4. The Balaban J connectivity index is 1.39. The molecule has 5 saturated heterocycles. The van der Waals surface area contributed by atoms with E-state index in [2.05, 4.69) is 5.32 Å². The van der Waals surface area contributed by atoms with Crippen molar-refractivity contribution in [2.75, 3.05) is 13.1 Å². The fourth-order valence-electron chi connectivity index (χ4n) is 5.79. The first-order valence-corrected chi connectivity index (χ1v) is 9.63. The molecule has 7 heteroatoms. The molecule has 25 heavy (non-hydrogen) atoms. The first-order valence-electron chi connectivity index (χ1n) is 9.63. The maximum Gasteiger partial charge on any atom is 0.246 e. The molecule has 0 saturated carbocycles. The molecule has 0 spiro atoms. The molecule has 0 aliphatic carbocycles. The Morgan fingerprint density at radius 3 is 2.36 bits per heavy atom. The van der Waals surface area contributed by atoms with Gasteiger partial charge in [-0.1, -0.05) is 0 Å². The van der Waals surface area contributed by atoms with Gasteiger partial charge in [-0.2, -0.15) is 0 Å². The molecule has 5 heterocycles. The minimum Gasteiger partial charge on any atom is -0.373 e. The van der Waals surface area contributed by atoms with Gasteiger partial charge >= 0.3 is 0 Å². The van der Waals surface area contributed by atoms with Crippen LogP contribution in [0.3, 0.4) is 0 Å². The van der Waals surface area contributed by atoms with Crippen LogP contribution in [0.1, 0.15) is 39.0 Å². The van der Waals surface area contributed by atoms with Crippen LogP contribution in [-0.4, -0.2) is 70.9 Å². The van der Waals surface area contributed by atoms with E-state index in [1.54, 1.807) is 6.92 Å². The van der Waals surface area contributed by atoms with Gasteiger partial charge < -0.3 is 15.0 Å². The number of hydrogen-bond donors (Lipinski definition) is 1. The fourth-order valence-corrected chi connectivity index (χ4v) is 5.79. The molecule has 7 atom stereocenters. The Labute approximate surface area is 147 Å². The van der Waals surface area contributed by atoms with E-state index in [-0.39, 0.29) is 53.8 Å². The van der Waals surface area contributed by atoms with Gasteiger partial charge in [-0.05, 0) is 45.6 Å². The van der Waals surface area contributed by atoms with Crippen LogP contribution >= 0.6 is 0 Å². The van der Waals surface area contributed by atoms with Crippen LogP contribution in [0.15, 0.2) is 0 Å². The summed E-state index contributed by atoms with van der Waals surface area (Å²) in [5.41, 5.74) is 0. The normalized spacial score (nSPS) is 43.6. The van der Waals surface area contributed by atoms with Crippen LogP contribution in [0.2, 0.25) is 0 Å². The van der Waals surface area contributed by atoms with Crippen LogP contribution in [0.5, 0.6) is 0 Å². The molecule has 0 aromatic heterocycles. The molecule has 4 bridgehead atoms. The third-order valence-electron chi connectivity index (χ3n) is 6.97. The van der Waals surface area contributed by atoms with E-state index in [9.17, 15) is 14.4 Å². The van der Waals surface area contributed by atoms with Gasteiger partial charge in [-0.15, -0.1) is 0 Å². The SMILES string of the molecule is CC(C(=O)N1C2CCNCC1CC2)N1C(=O)C2C3CCC(O3)C2C1=O. The van der Waals surface area contributed by atoms with E-state index in [0.717, 1.165) is 45.2 Å². The largest absolute Gasteiger partial charge is 0.373 e. The van der Waals surface area contributed by atoms with Crippen molar-refractivity contribution >= 4 is 17.7 Å². The third-order valence-corrected chi connectivity index (χ3v) is 6.97. The highest BCUT2D eigenvalue weighted by atomic mass is 16.5. The van der Waals surface area contributed by atoms with Gasteiger partial charge in [0.15, 0.2) is 0 Å².